The van der Waals surface area contributed by atoms with E-state index in [1.807, 2.05) is 6.92 Å². The van der Waals surface area contributed by atoms with Gasteiger partial charge >= 0.3 is 5.97 Å². The summed E-state index contributed by atoms with van der Waals surface area (Å²) in [5.74, 6) is -1.31. The van der Waals surface area contributed by atoms with Gasteiger partial charge in [-0.2, -0.15) is 0 Å². The summed E-state index contributed by atoms with van der Waals surface area (Å²) in [5, 5.41) is 9.05. The molecular weight excluding hydrogens is 308 g/mol. The van der Waals surface area contributed by atoms with Crippen LogP contribution in [-0.2, 0) is 4.74 Å². The van der Waals surface area contributed by atoms with Crippen LogP contribution in [0.15, 0.2) is 18.3 Å². The molecular formula is C18H26N2O4. The molecule has 0 bridgehead atoms. The lowest BCUT2D eigenvalue weighted by Crippen LogP contribution is -2.64. The second-order valence-corrected chi connectivity index (χ2v) is 6.29. The molecule has 24 heavy (non-hydrogen) atoms. The van der Waals surface area contributed by atoms with Crippen molar-refractivity contribution in [3.63, 3.8) is 0 Å². The van der Waals surface area contributed by atoms with Gasteiger partial charge in [-0.3, -0.25) is 4.79 Å². The first-order valence-corrected chi connectivity index (χ1v) is 8.49. The lowest BCUT2D eigenvalue weighted by atomic mass is 9.58. The van der Waals surface area contributed by atoms with Crippen molar-refractivity contribution in [2.45, 2.75) is 52.2 Å². The van der Waals surface area contributed by atoms with Gasteiger partial charge in [0.05, 0.1) is 6.10 Å². The number of carboxylic acid groups (broad SMARTS) is 1. The number of hydrogen-bond donors (Lipinski definition) is 1. The molecule has 1 amide bonds. The third-order valence-electron chi connectivity index (χ3n) is 5.44. The highest BCUT2D eigenvalue weighted by molar-refractivity contribution is 5.96. The smallest absolute Gasteiger partial charge is 0.354 e. The molecule has 1 saturated carbocycles. The third-order valence-corrected chi connectivity index (χ3v) is 5.44. The van der Waals surface area contributed by atoms with Crippen molar-refractivity contribution < 1.29 is 19.4 Å². The van der Waals surface area contributed by atoms with E-state index in [4.69, 9.17) is 9.84 Å². The summed E-state index contributed by atoms with van der Waals surface area (Å²) in [6.07, 6.45) is 4.22. The van der Waals surface area contributed by atoms with Crippen LogP contribution in [-0.4, -0.2) is 52.7 Å². The number of carbonyl (C=O) groups excluding carboxylic acids is 1. The minimum Gasteiger partial charge on any atom is -0.477 e. The first-order chi connectivity index (χ1) is 11.4. The van der Waals surface area contributed by atoms with Crippen molar-refractivity contribution in [2.75, 3.05) is 13.7 Å². The Morgan fingerprint density at radius 2 is 2.04 bits per heavy atom. The number of aromatic nitrogens is 1. The molecule has 6 heteroatoms. The summed E-state index contributed by atoms with van der Waals surface area (Å²) in [6, 6.07) is 2.99. The van der Waals surface area contributed by atoms with Gasteiger partial charge in [-0.05, 0) is 38.3 Å². The molecule has 2 unspecified atom stereocenters. The zero-order valence-electron chi connectivity index (χ0n) is 14.8. The Bertz CT molecular complexity index is 613. The van der Waals surface area contributed by atoms with Crippen molar-refractivity contribution in [3.8, 4) is 0 Å². The molecule has 1 heterocycles. The van der Waals surface area contributed by atoms with Crippen LogP contribution in [0.2, 0.25) is 0 Å². The number of hydrogen-bond acceptors (Lipinski definition) is 4. The fraction of sp³-hybridized carbons (Fsp3) is 0.611. The van der Waals surface area contributed by atoms with Gasteiger partial charge in [0, 0.05) is 36.9 Å². The van der Waals surface area contributed by atoms with Gasteiger partial charge in [0.25, 0.3) is 5.91 Å². The summed E-state index contributed by atoms with van der Waals surface area (Å²) in [7, 11) is 1.79. The van der Waals surface area contributed by atoms with Gasteiger partial charge in [-0.25, -0.2) is 9.78 Å². The first kappa shape index (κ1) is 18.4. The Morgan fingerprint density at radius 1 is 1.38 bits per heavy atom. The molecule has 2 atom stereocenters. The number of aromatic carboxylic acids is 1. The van der Waals surface area contributed by atoms with Gasteiger partial charge in [-0.15, -0.1) is 0 Å². The van der Waals surface area contributed by atoms with Crippen molar-refractivity contribution in [2.24, 2.45) is 5.41 Å². The molecule has 1 aliphatic carbocycles. The SMILES string of the molecule is CCOC1CC(N(C)C(=O)c2ccnc(C(=O)O)c2)C1(CC)CC. The maximum Gasteiger partial charge on any atom is 0.354 e. The Labute approximate surface area is 142 Å². The maximum absolute atomic E-state index is 12.8. The predicted molar refractivity (Wildman–Crippen MR) is 90.1 cm³/mol. The molecule has 0 radical (unpaired) electrons. The summed E-state index contributed by atoms with van der Waals surface area (Å²) in [4.78, 5) is 29.4. The van der Waals surface area contributed by atoms with Crippen LogP contribution in [0.25, 0.3) is 0 Å². The van der Waals surface area contributed by atoms with Crippen LogP contribution in [0.3, 0.4) is 0 Å². The number of rotatable bonds is 7. The molecule has 0 spiro atoms. The van der Waals surface area contributed by atoms with Crippen LogP contribution in [0.5, 0.6) is 0 Å². The van der Waals surface area contributed by atoms with Crippen molar-refractivity contribution in [3.05, 3.63) is 29.6 Å². The molecule has 1 fully saturated rings. The van der Waals surface area contributed by atoms with E-state index in [2.05, 4.69) is 18.8 Å². The zero-order valence-corrected chi connectivity index (χ0v) is 14.8. The molecule has 1 aromatic rings. The Kier molecular flexibility index (Phi) is 5.59. The van der Waals surface area contributed by atoms with E-state index in [1.54, 1.807) is 18.0 Å². The second kappa shape index (κ2) is 7.30. The van der Waals surface area contributed by atoms with Crippen LogP contribution >= 0.6 is 0 Å². The molecule has 1 N–H and O–H groups in total. The Balaban J connectivity index is 2.22. The lowest BCUT2D eigenvalue weighted by Gasteiger charge is -2.58. The zero-order chi connectivity index (χ0) is 17.9. The highest BCUT2D eigenvalue weighted by Crippen LogP contribution is 2.51. The Morgan fingerprint density at radius 3 is 2.58 bits per heavy atom. The molecule has 0 saturated heterocycles. The molecule has 132 valence electrons. The number of carbonyl (C=O) groups is 2. The average Bonchev–Trinajstić information content (AvgIpc) is 2.58. The van der Waals surface area contributed by atoms with E-state index in [1.165, 1.54) is 12.3 Å². The van der Waals surface area contributed by atoms with Crippen LogP contribution in [0.1, 0.15) is 60.9 Å². The lowest BCUT2D eigenvalue weighted by molar-refractivity contribution is -0.159. The highest BCUT2D eigenvalue weighted by atomic mass is 16.5. The second-order valence-electron chi connectivity index (χ2n) is 6.29. The number of pyridine rings is 1. The van der Waals surface area contributed by atoms with E-state index >= 15 is 0 Å². The maximum atomic E-state index is 12.8. The number of ether oxygens (including phenoxy) is 1. The molecule has 6 nitrogen and oxygen atoms in total. The van der Waals surface area contributed by atoms with Gasteiger partial charge in [0.1, 0.15) is 5.69 Å². The molecule has 0 aliphatic heterocycles. The van der Waals surface area contributed by atoms with Crippen molar-refractivity contribution in [1.82, 2.24) is 9.88 Å². The van der Waals surface area contributed by atoms with E-state index in [-0.39, 0.29) is 29.2 Å². The highest BCUT2D eigenvalue weighted by Gasteiger charge is 2.55. The minimum atomic E-state index is -1.14. The fourth-order valence-corrected chi connectivity index (χ4v) is 3.91. The van der Waals surface area contributed by atoms with Crippen LogP contribution in [0.4, 0.5) is 0 Å². The average molecular weight is 334 g/mol. The van der Waals surface area contributed by atoms with Gasteiger partial charge in [0.2, 0.25) is 0 Å². The summed E-state index contributed by atoms with van der Waals surface area (Å²) in [5.41, 5.74) is 0.196. The third kappa shape index (κ3) is 3.02. The largest absolute Gasteiger partial charge is 0.477 e. The minimum absolute atomic E-state index is 0.0386. The normalized spacial score (nSPS) is 21.8. The van der Waals surface area contributed by atoms with Gasteiger partial charge in [0.15, 0.2) is 0 Å². The first-order valence-electron chi connectivity index (χ1n) is 8.49. The number of amides is 1. The molecule has 1 aromatic heterocycles. The van der Waals surface area contributed by atoms with E-state index in [0.717, 1.165) is 19.3 Å². The summed E-state index contributed by atoms with van der Waals surface area (Å²) in [6.45, 7) is 6.93. The van der Waals surface area contributed by atoms with E-state index < -0.39 is 5.97 Å². The van der Waals surface area contributed by atoms with E-state index in [0.29, 0.717) is 12.2 Å². The molecule has 2 rings (SSSR count). The van der Waals surface area contributed by atoms with Crippen molar-refractivity contribution in [1.29, 1.82) is 0 Å². The number of carboxylic acids is 1. The standard InChI is InChI=1S/C18H26N2O4/c1-5-18(6-2)14(11-15(18)24-7-3)20(4)16(21)12-8-9-19-13(10-12)17(22)23/h8-10,14-15H,5-7,11H2,1-4H3,(H,22,23). The number of nitrogens with zero attached hydrogens (tertiary/aromatic N) is 2. The predicted octanol–water partition coefficient (Wildman–Crippen LogP) is 2.84. The molecule has 0 aromatic carbocycles. The van der Waals surface area contributed by atoms with Crippen molar-refractivity contribution >= 4 is 11.9 Å². The fourth-order valence-electron chi connectivity index (χ4n) is 3.91. The van der Waals surface area contributed by atoms with Gasteiger partial charge < -0.3 is 14.7 Å². The van der Waals surface area contributed by atoms with Gasteiger partial charge in [-0.1, -0.05) is 13.8 Å². The Hall–Kier alpha value is -1.95. The van der Waals surface area contributed by atoms with Crippen LogP contribution in [0, 0.1) is 5.41 Å². The quantitative estimate of drug-likeness (QED) is 0.829. The summed E-state index contributed by atoms with van der Waals surface area (Å²) < 4.78 is 5.87. The van der Waals surface area contributed by atoms with Crippen LogP contribution < -0.4 is 0 Å². The monoisotopic (exact) mass is 334 g/mol. The topological polar surface area (TPSA) is 79.7 Å². The molecule has 1 aliphatic rings. The van der Waals surface area contributed by atoms with E-state index in [9.17, 15) is 9.59 Å². The summed E-state index contributed by atoms with van der Waals surface area (Å²) >= 11 is 0.